The molecule has 2 heterocycles. The van der Waals surface area contributed by atoms with Crippen molar-refractivity contribution < 1.29 is 9.53 Å². The van der Waals surface area contributed by atoms with E-state index in [1.165, 1.54) is 18.0 Å². The molecule has 0 unspecified atom stereocenters. The van der Waals surface area contributed by atoms with E-state index in [2.05, 4.69) is 15.2 Å². The summed E-state index contributed by atoms with van der Waals surface area (Å²) >= 11 is 1.47. The molecule has 0 bridgehead atoms. The van der Waals surface area contributed by atoms with E-state index in [0.29, 0.717) is 23.6 Å². The Hall–Kier alpha value is -1.63. The number of esters is 1. The zero-order valence-corrected chi connectivity index (χ0v) is 10.6. The summed E-state index contributed by atoms with van der Waals surface area (Å²) in [6, 6.07) is 0. The minimum absolute atomic E-state index is 0.322. The number of thioether (sulfide) groups is 1. The number of fused-ring (bicyclic) bond motifs is 1. The third kappa shape index (κ3) is 1.97. The Balaban J connectivity index is 2.63. The molecule has 0 aromatic carbocycles. The minimum Gasteiger partial charge on any atom is -0.462 e. The fourth-order valence-corrected chi connectivity index (χ4v) is 2.06. The van der Waals surface area contributed by atoms with Gasteiger partial charge < -0.3 is 4.74 Å². The molecule has 0 saturated carbocycles. The van der Waals surface area contributed by atoms with Crippen molar-refractivity contribution in [3.05, 3.63) is 17.6 Å². The van der Waals surface area contributed by atoms with E-state index >= 15 is 0 Å². The number of aryl methyl sites for hydroxylation is 1. The van der Waals surface area contributed by atoms with Crippen molar-refractivity contribution in [1.29, 1.82) is 0 Å². The summed E-state index contributed by atoms with van der Waals surface area (Å²) in [6.45, 7) is 3.90. The largest absolute Gasteiger partial charge is 0.462 e. The molecule has 0 aliphatic carbocycles. The predicted molar refractivity (Wildman–Crippen MR) is 63.3 cm³/mol. The van der Waals surface area contributed by atoms with Crippen LogP contribution in [0.3, 0.4) is 0 Å². The highest BCUT2D eigenvalue weighted by molar-refractivity contribution is 7.98. The first-order valence-electron chi connectivity index (χ1n) is 5.10. The van der Waals surface area contributed by atoms with E-state index in [-0.39, 0.29) is 0 Å². The molecule has 0 N–H and O–H groups in total. The molecule has 6 nitrogen and oxygen atoms in total. The Kier molecular flexibility index (Phi) is 3.28. The van der Waals surface area contributed by atoms with Crippen molar-refractivity contribution in [3.8, 4) is 0 Å². The van der Waals surface area contributed by atoms with Gasteiger partial charge in [-0.2, -0.15) is 0 Å². The molecule has 17 heavy (non-hydrogen) atoms. The van der Waals surface area contributed by atoms with Gasteiger partial charge in [0.15, 0.2) is 10.8 Å². The Labute approximate surface area is 102 Å². The second-order valence-corrected chi connectivity index (χ2v) is 4.06. The minimum atomic E-state index is -0.426. The number of rotatable bonds is 3. The number of carbonyl (C=O) groups excluding carboxylic acids is 1. The fourth-order valence-electron chi connectivity index (χ4n) is 1.50. The second-order valence-electron chi connectivity index (χ2n) is 3.29. The number of aromatic nitrogens is 4. The Morgan fingerprint density at radius 3 is 2.94 bits per heavy atom. The molecule has 0 saturated heterocycles. The van der Waals surface area contributed by atoms with E-state index in [1.54, 1.807) is 11.3 Å². The van der Waals surface area contributed by atoms with Crippen molar-refractivity contribution in [2.75, 3.05) is 12.9 Å². The molecular weight excluding hydrogens is 240 g/mol. The van der Waals surface area contributed by atoms with Crippen molar-refractivity contribution in [2.45, 2.75) is 19.0 Å². The number of nitrogens with zero attached hydrogens (tertiary/aromatic N) is 4. The topological polar surface area (TPSA) is 69.4 Å². The first-order chi connectivity index (χ1) is 8.19. The third-order valence-electron chi connectivity index (χ3n) is 2.24. The molecular formula is C10H12N4O2S. The number of ether oxygens (including phenoxy) is 1. The van der Waals surface area contributed by atoms with Crippen LogP contribution in [0.2, 0.25) is 0 Å². The molecule has 0 atom stereocenters. The summed E-state index contributed by atoms with van der Waals surface area (Å²) in [6.07, 6.45) is 3.39. The highest BCUT2D eigenvalue weighted by Gasteiger charge is 2.17. The summed E-state index contributed by atoms with van der Waals surface area (Å²) in [5.74, 6) is 0.271. The molecule has 0 amide bonds. The zero-order chi connectivity index (χ0) is 12.4. The van der Waals surface area contributed by atoms with Crippen LogP contribution < -0.4 is 0 Å². The normalized spacial score (nSPS) is 10.8. The van der Waals surface area contributed by atoms with Crippen LogP contribution in [0.25, 0.3) is 5.65 Å². The molecule has 2 aromatic heterocycles. The molecule has 2 rings (SSSR count). The first kappa shape index (κ1) is 11.8. The van der Waals surface area contributed by atoms with Crippen LogP contribution in [-0.4, -0.2) is 38.4 Å². The summed E-state index contributed by atoms with van der Waals surface area (Å²) in [5.41, 5.74) is 0.825. The fraction of sp³-hybridized carbons (Fsp3) is 0.400. The quantitative estimate of drug-likeness (QED) is 0.466. The molecule has 7 heteroatoms. The van der Waals surface area contributed by atoms with Crippen LogP contribution in [0.1, 0.15) is 23.1 Å². The van der Waals surface area contributed by atoms with Gasteiger partial charge in [0.1, 0.15) is 11.4 Å². The lowest BCUT2D eigenvalue weighted by Gasteiger charge is -2.05. The van der Waals surface area contributed by atoms with E-state index in [9.17, 15) is 4.79 Å². The van der Waals surface area contributed by atoms with E-state index in [0.717, 1.165) is 5.16 Å². The predicted octanol–water partition coefficient (Wildman–Crippen LogP) is 1.33. The standard InChI is InChI=1S/C10H12N4O2S/c1-4-16-9(15)7-5-11-10(17-3)14-6(2)12-13-8(7)14/h5H,4H2,1-3H3. The average molecular weight is 252 g/mol. The van der Waals surface area contributed by atoms with Gasteiger partial charge in [0.2, 0.25) is 0 Å². The Morgan fingerprint density at radius 1 is 1.53 bits per heavy atom. The van der Waals surface area contributed by atoms with Crippen LogP contribution in [-0.2, 0) is 4.74 Å². The van der Waals surface area contributed by atoms with E-state index in [1.807, 2.05) is 13.2 Å². The number of carbonyl (C=O) groups is 1. The van der Waals surface area contributed by atoms with Gasteiger partial charge in [0.05, 0.1) is 6.61 Å². The van der Waals surface area contributed by atoms with Gasteiger partial charge in [-0.15, -0.1) is 10.2 Å². The van der Waals surface area contributed by atoms with Gasteiger partial charge in [0, 0.05) is 6.20 Å². The number of hydrogen-bond donors (Lipinski definition) is 0. The van der Waals surface area contributed by atoms with E-state index in [4.69, 9.17) is 4.74 Å². The third-order valence-corrected chi connectivity index (χ3v) is 2.89. The maximum atomic E-state index is 11.7. The SMILES string of the molecule is CCOC(=O)c1cnc(SC)n2c(C)nnc12. The maximum Gasteiger partial charge on any atom is 0.343 e. The van der Waals surface area contributed by atoms with Crippen molar-refractivity contribution in [1.82, 2.24) is 19.6 Å². The van der Waals surface area contributed by atoms with Crippen molar-refractivity contribution in [3.63, 3.8) is 0 Å². The van der Waals surface area contributed by atoms with Gasteiger partial charge in [-0.3, -0.25) is 4.40 Å². The molecule has 0 radical (unpaired) electrons. The van der Waals surface area contributed by atoms with Crippen LogP contribution in [0.5, 0.6) is 0 Å². The van der Waals surface area contributed by atoms with Gasteiger partial charge in [0.25, 0.3) is 0 Å². The molecule has 0 aliphatic rings. The average Bonchev–Trinajstić information content (AvgIpc) is 2.71. The lowest BCUT2D eigenvalue weighted by atomic mass is 10.3. The van der Waals surface area contributed by atoms with Crippen molar-refractivity contribution in [2.24, 2.45) is 0 Å². The molecule has 0 spiro atoms. The molecule has 2 aromatic rings. The lowest BCUT2D eigenvalue weighted by Crippen LogP contribution is -2.09. The van der Waals surface area contributed by atoms with Gasteiger partial charge >= 0.3 is 5.97 Å². The van der Waals surface area contributed by atoms with E-state index < -0.39 is 5.97 Å². The van der Waals surface area contributed by atoms with Crippen LogP contribution >= 0.6 is 11.8 Å². The highest BCUT2D eigenvalue weighted by Crippen LogP contribution is 2.18. The van der Waals surface area contributed by atoms with Crippen LogP contribution in [0.4, 0.5) is 0 Å². The first-order valence-corrected chi connectivity index (χ1v) is 6.33. The van der Waals surface area contributed by atoms with Crippen molar-refractivity contribution >= 4 is 23.4 Å². The monoisotopic (exact) mass is 252 g/mol. The summed E-state index contributed by atoms with van der Waals surface area (Å²) in [7, 11) is 0. The molecule has 90 valence electrons. The Morgan fingerprint density at radius 2 is 2.29 bits per heavy atom. The van der Waals surface area contributed by atoms with Gasteiger partial charge in [-0.05, 0) is 20.1 Å². The van der Waals surface area contributed by atoms with Crippen LogP contribution in [0.15, 0.2) is 11.4 Å². The smallest absolute Gasteiger partial charge is 0.343 e. The zero-order valence-electron chi connectivity index (χ0n) is 9.80. The number of hydrogen-bond acceptors (Lipinski definition) is 6. The maximum absolute atomic E-state index is 11.7. The van der Waals surface area contributed by atoms with Gasteiger partial charge in [-0.1, -0.05) is 11.8 Å². The lowest BCUT2D eigenvalue weighted by molar-refractivity contribution is 0.0527. The van der Waals surface area contributed by atoms with Crippen LogP contribution in [0, 0.1) is 6.92 Å². The molecule has 0 fully saturated rings. The van der Waals surface area contributed by atoms with Gasteiger partial charge in [-0.25, -0.2) is 9.78 Å². The summed E-state index contributed by atoms with van der Waals surface area (Å²) in [4.78, 5) is 15.9. The highest BCUT2D eigenvalue weighted by atomic mass is 32.2. The molecule has 0 aliphatic heterocycles. The second kappa shape index (κ2) is 4.70. The summed E-state index contributed by atoms with van der Waals surface area (Å²) in [5, 5.41) is 8.69. The summed E-state index contributed by atoms with van der Waals surface area (Å²) < 4.78 is 6.70. The Bertz CT molecular complexity index is 567.